The second-order valence-corrected chi connectivity index (χ2v) is 8.76. The standard InChI is InChI=1S/C27H23F6N3O3/c1-36(10-11-37)25(38)19-5-3-2-4-18(19)24-20-8-6-16(34-14-26(28,29)30)12-22(20)39-23-13-17(7-9-21(23)24)35-15-27(31,32)33/h2-9,12-13,34,37H,10-11,14-15H2,1H3. The molecule has 1 aliphatic heterocycles. The van der Waals surface area contributed by atoms with Gasteiger partial charge in [0.15, 0.2) is 0 Å². The van der Waals surface area contributed by atoms with Crippen LogP contribution in [-0.4, -0.2) is 61.6 Å². The van der Waals surface area contributed by atoms with E-state index in [2.05, 4.69) is 10.3 Å². The minimum Gasteiger partial charge on any atom is -0.456 e. The number of halogens is 6. The number of likely N-dealkylation sites (N-methyl/N-ethyl adjacent to an activating group) is 1. The fraction of sp³-hybridized carbons (Fsp3) is 0.259. The van der Waals surface area contributed by atoms with Gasteiger partial charge in [-0.15, -0.1) is 0 Å². The highest BCUT2D eigenvalue weighted by atomic mass is 19.4. The number of aliphatic hydroxyl groups excluding tert-OH is 1. The molecule has 0 aromatic heterocycles. The zero-order chi connectivity index (χ0) is 28.4. The summed E-state index contributed by atoms with van der Waals surface area (Å²) < 4.78 is 82.4. The highest BCUT2D eigenvalue weighted by Crippen LogP contribution is 2.42. The Morgan fingerprint density at radius 1 is 0.974 bits per heavy atom. The molecule has 2 N–H and O–H groups in total. The molecule has 12 heteroatoms. The van der Waals surface area contributed by atoms with Crippen LogP contribution in [0.4, 0.5) is 32.0 Å². The molecule has 2 aliphatic rings. The smallest absolute Gasteiger partial charge is 0.407 e. The predicted molar refractivity (Wildman–Crippen MR) is 133 cm³/mol. The number of rotatable bonds is 7. The lowest BCUT2D eigenvalue weighted by Crippen LogP contribution is -2.29. The average molecular weight is 551 g/mol. The Morgan fingerprint density at radius 3 is 2.41 bits per heavy atom. The minimum atomic E-state index is -4.51. The first-order valence-corrected chi connectivity index (χ1v) is 11.7. The molecule has 2 aromatic rings. The van der Waals surface area contributed by atoms with Crippen LogP contribution in [-0.2, 0) is 0 Å². The van der Waals surface area contributed by atoms with Crippen molar-refractivity contribution < 1.29 is 40.7 Å². The Morgan fingerprint density at radius 2 is 1.72 bits per heavy atom. The third kappa shape index (κ3) is 6.69. The summed E-state index contributed by atoms with van der Waals surface area (Å²) >= 11 is 0. The maximum atomic E-state index is 13.2. The molecule has 0 saturated heterocycles. The van der Waals surface area contributed by atoms with E-state index in [1.807, 2.05) is 0 Å². The zero-order valence-electron chi connectivity index (χ0n) is 20.5. The van der Waals surface area contributed by atoms with Gasteiger partial charge in [-0.1, -0.05) is 18.2 Å². The van der Waals surface area contributed by atoms with Crippen molar-refractivity contribution in [1.82, 2.24) is 4.90 Å². The van der Waals surface area contributed by atoms with Crippen LogP contribution in [0.15, 0.2) is 70.1 Å². The summed E-state index contributed by atoms with van der Waals surface area (Å²) in [5, 5.41) is 12.0. The van der Waals surface area contributed by atoms with E-state index in [0.717, 1.165) is 0 Å². The van der Waals surface area contributed by atoms with Crippen molar-refractivity contribution in [1.29, 1.82) is 0 Å². The van der Waals surface area contributed by atoms with Gasteiger partial charge in [0.2, 0.25) is 0 Å². The first-order chi connectivity index (χ1) is 18.4. The van der Waals surface area contributed by atoms with E-state index >= 15 is 0 Å². The Kier molecular flexibility index (Phi) is 7.86. The van der Waals surface area contributed by atoms with Crippen LogP contribution in [0.25, 0.3) is 33.4 Å². The van der Waals surface area contributed by atoms with Gasteiger partial charge in [-0.25, -0.2) is 0 Å². The van der Waals surface area contributed by atoms with Crippen molar-refractivity contribution >= 4 is 22.6 Å². The Balaban J connectivity index is 1.97. The van der Waals surface area contributed by atoms with E-state index in [1.165, 1.54) is 42.3 Å². The number of anilines is 1. The lowest BCUT2D eigenvalue weighted by molar-refractivity contribution is -0.118. The van der Waals surface area contributed by atoms with Gasteiger partial charge in [-0.3, -0.25) is 9.79 Å². The van der Waals surface area contributed by atoms with Gasteiger partial charge in [0.1, 0.15) is 24.4 Å². The van der Waals surface area contributed by atoms with E-state index in [-0.39, 0.29) is 47.0 Å². The number of nitrogens with zero attached hydrogens (tertiary/aromatic N) is 2. The maximum absolute atomic E-state index is 13.2. The van der Waals surface area contributed by atoms with Gasteiger partial charge in [-0.05, 0) is 35.9 Å². The Labute approximate surface area is 218 Å². The van der Waals surface area contributed by atoms with Crippen LogP contribution in [0.1, 0.15) is 10.4 Å². The molecule has 1 amide bonds. The van der Waals surface area contributed by atoms with Crippen LogP contribution in [0.2, 0.25) is 0 Å². The zero-order valence-corrected chi connectivity index (χ0v) is 20.5. The van der Waals surface area contributed by atoms with E-state index < -0.39 is 25.4 Å². The summed E-state index contributed by atoms with van der Waals surface area (Å²) in [5.74, 6) is -0.262. The molecule has 0 bridgehead atoms. The van der Waals surface area contributed by atoms with E-state index in [0.29, 0.717) is 22.1 Å². The maximum Gasteiger partial charge on any atom is 0.407 e. The third-order valence-corrected chi connectivity index (χ3v) is 5.85. The predicted octanol–water partition coefficient (Wildman–Crippen LogP) is 5.71. The van der Waals surface area contributed by atoms with Crippen LogP contribution in [0.3, 0.4) is 0 Å². The number of nitrogens with one attached hydrogen (secondary N) is 1. The van der Waals surface area contributed by atoms with Gasteiger partial charge in [0.05, 0.1) is 12.0 Å². The number of hydrogen-bond donors (Lipinski definition) is 2. The molecule has 1 aliphatic carbocycles. The first-order valence-electron chi connectivity index (χ1n) is 11.7. The molecule has 206 valence electrons. The minimum absolute atomic E-state index is 0.00716. The molecule has 0 radical (unpaired) electrons. The van der Waals surface area contributed by atoms with E-state index in [1.54, 1.807) is 30.3 Å². The lowest BCUT2D eigenvalue weighted by atomic mass is 9.90. The van der Waals surface area contributed by atoms with Crippen LogP contribution in [0, 0.1) is 0 Å². The summed E-state index contributed by atoms with van der Waals surface area (Å²) in [6.45, 7) is -2.86. The van der Waals surface area contributed by atoms with Gasteiger partial charge < -0.3 is 19.7 Å². The number of amides is 1. The summed E-state index contributed by atoms with van der Waals surface area (Å²) in [6.07, 6.45) is -8.98. The molecule has 1 heterocycles. The fourth-order valence-corrected chi connectivity index (χ4v) is 4.11. The SMILES string of the molecule is CN(CCO)C(=O)c1ccccc1-c1c2ccc(=NCC(F)(F)F)cc-2oc2cc(NCC(F)(F)F)ccc12. The largest absolute Gasteiger partial charge is 0.456 e. The van der Waals surface area contributed by atoms with E-state index in [9.17, 15) is 36.2 Å². The van der Waals surface area contributed by atoms with Crippen molar-refractivity contribution in [2.24, 2.45) is 4.99 Å². The fourth-order valence-electron chi connectivity index (χ4n) is 4.11. The molecule has 0 unspecified atom stereocenters. The van der Waals surface area contributed by atoms with Crippen molar-refractivity contribution in [3.63, 3.8) is 0 Å². The van der Waals surface area contributed by atoms with Gasteiger partial charge >= 0.3 is 12.4 Å². The summed E-state index contributed by atoms with van der Waals surface area (Å²) in [5.41, 5.74) is 1.95. The van der Waals surface area contributed by atoms with Crippen LogP contribution < -0.4 is 10.7 Å². The monoisotopic (exact) mass is 551 g/mol. The van der Waals surface area contributed by atoms with Crippen LogP contribution >= 0.6 is 0 Å². The Bertz CT molecular complexity index is 1530. The summed E-state index contributed by atoms with van der Waals surface area (Å²) in [7, 11) is 1.53. The summed E-state index contributed by atoms with van der Waals surface area (Å²) in [6, 6.07) is 15.2. The molecule has 4 rings (SSSR count). The number of carbonyl (C=O) groups excluding carboxylic acids is 1. The molecular formula is C27H23F6N3O3. The van der Waals surface area contributed by atoms with Crippen molar-refractivity contribution in [2.75, 3.05) is 38.6 Å². The van der Waals surface area contributed by atoms with Crippen molar-refractivity contribution in [2.45, 2.75) is 12.4 Å². The summed E-state index contributed by atoms with van der Waals surface area (Å²) in [4.78, 5) is 18.1. The van der Waals surface area contributed by atoms with Crippen molar-refractivity contribution in [3.8, 4) is 22.5 Å². The van der Waals surface area contributed by atoms with E-state index in [4.69, 9.17) is 4.42 Å². The second-order valence-electron chi connectivity index (χ2n) is 8.76. The number of carbonyl (C=O) groups is 1. The Hall–Kier alpha value is -4.06. The molecule has 6 nitrogen and oxygen atoms in total. The molecule has 0 fully saturated rings. The number of alkyl halides is 6. The quantitative estimate of drug-likeness (QED) is 0.228. The number of aliphatic hydroxyl groups is 1. The van der Waals surface area contributed by atoms with Gasteiger partial charge in [0.25, 0.3) is 5.91 Å². The highest BCUT2D eigenvalue weighted by molar-refractivity contribution is 6.09. The molecule has 0 spiro atoms. The number of fused-ring (bicyclic) bond motifs is 2. The number of hydrogen-bond acceptors (Lipinski definition) is 5. The number of benzene rings is 3. The van der Waals surface area contributed by atoms with Gasteiger partial charge in [-0.2, -0.15) is 26.3 Å². The first kappa shape index (κ1) is 28.0. The third-order valence-electron chi connectivity index (χ3n) is 5.85. The molecule has 2 aromatic carbocycles. The topological polar surface area (TPSA) is 78.1 Å². The second kappa shape index (κ2) is 11.0. The highest BCUT2D eigenvalue weighted by Gasteiger charge is 2.28. The molecular weight excluding hydrogens is 528 g/mol. The molecule has 39 heavy (non-hydrogen) atoms. The lowest BCUT2D eigenvalue weighted by Gasteiger charge is -2.21. The average Bonchev–Trinajstić information content (AvgIpc) is 2.88. The normalized spacial score (nSPS) is 12.8. The van der Waals surface area contributed by atoms with Gasteiger partial charge in [0, 0.05) is 53.5 Å². The molecule has 0 saturated carbocycles. The van der Waals surface area contributed by atoms with Crippen LogP contribution in [0.5, 0.6) is 0 Å². The molecule has 0 atom stereocenters. The van der Waals surface area contributed by atoms with Crippen molar-refractivity contribution in [3.05, 3.63) is 71.6 Å².